The van der Waals surface area contributed by atoms with Gasteiger partial charge in [-0.1, -0.05) is 11.8 Å². The van der Waals surface area contributed by atoms with Crippen LogP contribution >= 0.6 is 0 Å². The number of nitrogens with one attached hydrogen (secondary N) is 1. The first-order valence-corrected chi connectivity index (χ1v) is 5.65. The van der Waals surface area contributed by atoms with E-state index in [1.807, 2.05) is 0 Å². The van der Waals surface area contributed by atoms with Crippen molar-refractivity contribution in [2.24, 2.45) is 0 Å². The Labute approximate surface area is 110 Å². The van der Waals surface area contributed by atoms with Crippen LogP contribution < -0.4 is 5.32 Å². The molecule has 0 saturated carbocycles. The molecule has 0 aromatic carbocycles. The Bertz CT molecular complexity index is 609. The summed E-state index contributed by atoms with van der Waals surface area (Å²) in [5.74, 6) is 4.88. The van der Waals surface area contributed by atoms with Gasteiger partial charge in [0.1, 0.15) is 12.3 Å². The van der Waals surface area contributed by atoms with E-state index in [-0.39, 0.29) is 18.2 Å². The van der Waals surface area contributed by atoms with Crippen molar-refractivity contribution in [1.29, 1.82) is 0 Å². The molecule has 2 aromatic rings. The zero-order valence-electron chi connectivity index (χ0n) is 10.1. The molecule has 2 heterocycles. The number of aliphatic hydroxyl groups is 1. The van der Waals surface area contributed by atoms with Gasteiger partial charge >= 0.3 is 0 Å². The second kappa shape index (κ2) is 6.38. The second-order valence-corrected chi connectivity index (χ2v) is 3.67. The monoisotopic (exact) mass is 256 g/mol. The van der Waals surface area contributed by atoms with Crippen molar-refractivity contribution in [2.75, 3.05) is 6.61 Å². The highest BCUT2D eigenvalue weighted by atomic mass is 16.3. The molecule has 2 rings (SSSR count). The summed E-state index contributed by atoms with van der Waals surface area (Å²) in [4.78, 5) is 16.0. The van der Waals surface area contributed by atoms with Crippen molar-refractivity contribution in [1.82, 2.24) is 10.3 Å². The van der Waals surface area contributed by atoms with E-state index in [2.05, 4.69) is 22.1 Å². The number of furan rings is 1. The van der Waals surface area contributed by atoms with E-state index < -0.39 is 0 Å². The Morgan fingerprint density at radius 1 is 1.47 bits per heavy atom. The number of rotatable bonds is 3. The zero-order chi connectivity index (χ0) is 13.5. The van der Waals surface area contributed by atoms with Gasteiger partial charge in [-0.25, -0.2) is 4.98 Å². The Hall–Kier alpha value is -2.58. The summed E-state index contributed by atoms with van der Waals surface area (Å²) in [5, 5.41) is 11.4. The molecule has 0 unspecified atom stereocenters. The number of hydrogen-bond acceptors (Lipinski definition) is 4. The Kier molecular flexibility index (Phi) is 4.32. The van der Waals surface area contributed by atoms with Gasteiger partial charge in [0.25, 0.3) is 5.91 Å². The average molecular weight is 256 g/mol. The normalized spacial score (nSPS) is 9.53. The SMILES string of the molecule is O=C(NCc1ccoc1)c1ncccc1C#CCO. The molecule has 0 radical (unpaired) electrons. The molecule has 0 spiro atoms. The molecule has 0 aliphatic carbocycles. The van der Waals surface area contributed by atoms with Crippen LogP contribution in [0.1, 0.15) is 21.6 Å². The maximum absolute atomic E-state index is 12.0. The molecule has 2 aromatic heterocycles. The molecule has 0 aliphatic heterocycles. The van der Waals surface area contributed by atoms with Gasteiger partial charge in [-0.3, -0.25) is 4.79 Å². The van der Waals surface area contributed by atoms with Crippen LogP contribution in [0.2, 0.25) is 0 Å². The van der Waals surface area contributed by atoms with E-state index in [1.54, 1.807) is 30.7 Å². The fourth-order valence-electron chi connectivity index (χ4n) is 1.48. The predicted octanol–water partition coefficient (Wildman–Crippen LogP) is 0.948. The number of nitrogens with zero attached hydrogens (tertiary/aromatic N) is 1. The van der Waals surface area contributed by atoms with E-state index in [1.165, 1.54) is 6.20 Å². The summed E-state index contributed by atoms with van der Waals surface area (Å²) in [7, 11) is 0. The number of aromatic nitrogens is 1. The minimum atomic E-state index is -0.316. The van der Waals surface area contributed by atoms with Crippen molar-refractivity contribution in [3.63, 3.8) is 0 Å². The molecular weight excluding hydrogens is 244 g/mol. The number of amides is 1. The first-order chi connectivity index (χ1) is 9.31. The quantitative estimate of drug-likeness (QED) is 0.802. The Morgan fingerprint density at radius 2 is 2.37 bits per heavy atom. The number of hydrogen-bond donors (Lipinski definition) is 2. The molecule has 1 amide bonds. The van der Waals surface area contributed by atoms with E-state index in [0.29, 0.717) is 12.1 Å². The summed E-state index contributed by atoms with van der Waals surface area (Å²) in [6.07, 6.45) is 4.63. The molecule has 5 nitrogen and oxygen atoms in total. The van der Waals surface area contributed by atoms with E-state index in [9.17, 15) is 4.79 Å². The molecular formula is C14H12N2O3. The van der Waals surface area contributed by atoms with E-state index in [4.69, 9.17) is 9.52 Å². The van der Waals surface area contributed by atoms with Crippen molar-refractivity contribution >= 4 is 5.91 Å². The number of carbonyl (C=O) groups is 1. The second-order valence-electron chi connectivity index (χ2n) is 3.67. The Balaban J connectivity index is 2.10. The highest BCUT2D eigenvalue weighted by Crippen LogP contribution is 2.05. The zero-order valence-corrected chi connectivity index (χ0v) is 10.1. The lowest BCUT2D eigenvalue weighted by Crippen LogP contribution is -2.24. The summed E-state index contributed by atoms with van der Waals surface area (Å²) in [5.41, 5.74) is 1.60. The van der Waals surface area contributed by atoms with Crippen molar-refractivity contribution in [3.05, 3.63) is 53.7 Å². The lowest BCUT2D eigenvalue weighted by atomic mass is 10.2. The summed E-state index contributed by atoms with van der Waals surface area (Å²) >= 11 is 0. The minimum absolute atomic E-state index is 0.243. The van der Waals surface area contributed by atoms with Crippen LogP contribution in [0.3, 0.4) is 0 Å². The molecule has 0 atom stereocenters. The summed E-state index contributed by atoms with van der Waals surface area (Å²) in [6, 6.07) is 5.14. The van der Waals surface area contributed by atoms with Crippen LogP contribution in [-0.2, 0) is 6.54 Å². The highest BCUT2D eigenvalue weighted by molar-refractivity contribution is 5.94. The standard InChI is InChI=1S/C14H12N2O3/c17-7-2-4-12-3-1-6-15-13(12)14(18)16-9-11-5-8-19-10-11/h1,3,5-6,8,10,17H,7,9H2,(H,16,18). The minimum Gasteiger partial charge on any atom is -0.472 e. The summed E-state index contributed by atoms with van der Waals surface area (Å²) in [6.45, 7) is 0.101. The third-order valence-corrected chi connectivity index (χ3v) is 2.36. The molecule has 96 valence electrons. The molecule has 5 heteroatoms. The number of carbonyl (C=O) groups excluding carboxylic acids is 1. The topological polar surface area (TPSA) is 75.4 Å². The molecule has 19 heavy (non-hydrogen) atoms. The number of aliphatic hydroxyl groups excluding tert-OH is 1. The lowest BCUT2D eigenvalue weighted by Gasteiger charge is -2.04. The van der Waals surface area contributed by atoms with Gasteiger partial charge in [0.05, 0.1) is 18.1 Å². The third-order valence-electron chi connectivity index (χ3n) is 2.36. The fourth-order valence-corrected chi connectivity index (χ4v) is 1.48. The molecule has 0 saturated heterocycles. The van der Waals surface area contributed by atoms with Gasteiger partial charge in [-0.2, -0.15) is 0 Å². The van der Waals surface area contributed by atoms with Crippen molar-refractivity contribution < 1.29 is 14.3 Å². The van der Waals surface area contributed by atoms with Crippen LogP contribution in [0.4, 0.5) is 0 Å². The average Bonchev–Trinajstić information content (AvgIpc) is 2.96. The van der Waals surface area contributed by atoms with Crippen LogP contribution in [0.5, 0.6) is 0 Å². The third kappa shape index (κ3) is 3.44. The van der Waals surface area contributed by atoms with E-state index in [0.717, 1.165) is 5.56 Å². The van der Waals surface area contributed by atoms with Gasteiger partial charge in [-0.15, -0.1) is 0 Å². The Morgan fingerprint density at radius 3 is 3.11 bits per heavy atom. The molecule has 0 bridgehead atoms. The van der Waals surface area contributed by atoms with Gasteiger partial charge in [0.2, 0.25) is 0 Å². The highest BCUT2D eigenvalue weighted by Gasteiger charge is 2.11. The maximum Gasteiger partial charge on any atom is 0.271 e. The molecule has 2 N–H and O–H groups in total. The first-order valence-electron chi connectivity index (χ1n) is 5.65. The van der Waals surface area contributed by atoms with Crippen molar-refractivity contribution in [3.8, 4) is 11.8 Å². The first kappa shape index (κ1) is 12.9. The predicted molar refractivity (Wildman–Crippen MR) is 68.1 cm³/mol. The smallest absolute Gasteiger partial charge is 0.271 e. The van der Waals surface area contributed by atoms with Crippen LogP contribution in [0, 0.1) is 11.8 Å². The van der Waals surface area contributed by atoms with Crippen LogP contribution in [0.15, 0.2) is 41.3 Å². The largest absolute Gasteiger partial charge is 0.472 e. The fraction of sp³-hybridized carbons (Fsp3) is 0.143. The van der Waals surface area contributed by atoms with Gasteiger partial charge in [0.15, 0.2) is 0 Å². The maximum atomic E-state index is 12.0. The van der Waals surface area contributed by atoms with Crippen LogP contribution in [-0.4, -0.2) is 22.6 Å². The molecule has 0 aliphatic rings. The van der Waals surface area contributed by atoms with Crippen molar-refractivity contribution in [2.45, 2.75) is 6.54 Å². The van der Waals surface area contributed by atoms with Gasteiger partial charge in [-0.05, 0) is 18.2 Å². The lowest BCUT2D eigenvalue weighted by molar-refractivity contribution is 0.0945. The van der Waals surface area contributed by atoms with E-state index >= 15 is 0 Å². The van der Waals surface area contributed by atoms with Gasteiger partial charge < -0.3 is 14.8 Å². The number of pyridine rings is 1. The summed E-state index contributed by atoms with van der Waals surface area (Å²) < 4.78 is 4.91. The van der Waals surface area contributed by atoms with Gasteiger partial charge in [0, 0.05) is 18.3 Å². The molecule has 0 fully saturated rings. The van der Waals surface area contributed by atoms with Crippen LogP contribution in [0.25, 0.3) is 0 Å².